The molecule has 0 fully saturated rings. The summed E-state index contributed by atoms with van der Waals surface area (Å²) in [7, 11) is 0. The van der Waals surface area contributed by atoms with Gasteiger partial charge in [0.05, 0.1) is 6.10 Å². The molecule has 1 heterocycles. The highest BCUT2D eigenvalue weighted by Gasteiger charge is 2.03. The van der Waals surface area contributed by atoms with Gasteiger partial charge in [-0.25, -0.2) is 0 Å². The first-order valence-corrected chi connectivity index (χ1v) is 6.05. The molecular formula is C13H19N3O. The van der Waals surface area contributed by atoms with Crippen molar-refractivity contribution in [3.63, 3.8) is 0 Å². The van der Waals surface area contributed by atoms with Crippen LogP contribution in [0.5, 0.6) is 0 Å². The molecule has 17 heavy (non-hydrogen) atoms. The maximum atomic E-state index is 9.40. The van der Waals surface area contributed by atoms with Crippen molar-refractivity contribution in [1.82, 2.24) is 10.6 Å². The van der Waals surface area contributed by atoms with Crippen LogP contribution in [0, 0.1) is 0 Å². The van der Waals surface area contributed by atoms with Gasteiger partial charge < -0.3 is 15.7 Å². The zero-order valence-electron chi connectivity index (χ0n) is 10.1. The molecule has 1 aromatic carbocycles. The van der Waals surface area contributed by atoms with E-state index in [9.17, 15) is 5.11 Å². The van der Waals surface area contributed by atoms with Gasteiger partial charge in [-0.05, 0) is 24.5 Å². The summed E-state index contributed by atoms with van der Waals surface area (Å²) in [6.07, 6.45) is 0.704. The normalized spacial score (nSPS) is 16.9. The number of hydrogen-bond donors (Lipinski definition) is 3. The Balaban J connectivity index is 1.88. The molecule has 4 heteroatoms. The maximum Gasteiger partial charge on any atom is 0.191 e. The van der Waals surface area contributed by atoms with Crippen LogP contribution < -0.4 is 10.6 Å². The summed E-state index contributed by atoms with van der Waals surface area (Å²) >= 11 is 0. The molecule has 0 saturated carbocycles. The summed E-state index contributed by atoms with van der Waals surface area (Å²) in [6, 6.07) is 7.96. The molecule has 0 aromatic heterocycles. The minimum Gasteiger partial charge on any atom is -0.389 e. The number of aliphatic hydroxyl groups excluding tert-OH is 1. The van der Waals surface area contributed by atoms with E-state index in [1.165, 1.54) is 5.56 Å². The standard InChI is InChI=1S/C13H19N3O/c1-10(17)12-5-3-11(4-6-12)9-16-13-14-7-2-8-15-13/h3-6,10,17H,2,7-9H2,1H3,(H2,14,15,16). The van der Waals surface area contributed by atoms with Crippen LogP contribution in [-0.2, 0) is 6.54 Å². The van der Waals surface area contributed by atoms with Crippen molar-refractivity contribution in [3.8, 4) is 0 Å². The Bertz CT molecular complexity index is 384. The molecule has 0 radical (unpaired) electrons. The molecule has 0 saturated heterocycles. The summed E-state index contributed by atoms with van der Waals surface area (Å²) in [5.74, 6) is 0.885. The third kappa shape index (κ3) is 3.46. The minimum atomic E-state index is -0.401. The molecule has 1 aliphatic rings. The second-order valence-corrected chi connectivity index (χ2v) is 4.28. The lowest BCUT2D eigenvalue weighted by Crippen LogP contribution is -2.40. The average Bonchev–Trinajstić information content (AvgIpc) is 2.38. The predicted octanol–water partition coefficient (Wildman–Crippen LogP) is 1.18. The summed E-state index contributed by atoms with van der Waals surface area (Å²) < 4.78 is 0. The van der Waals surface area contributed by atoms with Gasteiger partial charge in [0.1, 0.15) is 0 Å². The molecule has 0 bridgehead atoms. The van der Waals surface area contributed by atoms with Crippen molar-refractivity contribution in [2.45, 2.75) is 26.0 Å². The molecule has 4 nitrogen and oxygen atoms in total. The van der Waals surface area contributed by atoms with E-state index in [1.807, 2.05) is 24.3 Å². The van der Waals surface area contributed by atoms with E-state index in [-0.39, 0.29) is 0 Å². The van der Waals surface area contributed by atoms with Gasteiger partial charge in [-0.3, -0.25) is 4.99 Å². The third-order valence-electron chi connectivity index (χ3n) is 2.82. The molecule has 1 aliphatic heterocycles. The van der Waals surface area contributed by atoms with Crippen molar-refractivity contribution in [1.29, 1.82) is 0 Å². The third-order valence-corrected chi connectivity index (χ3v) is 2.82. The molecule has 1 aromatic rings. The van der Waals surface area contributed by atoms with Gasteiger partial charge in [0.25, 0.3) is 0 Å². The lowest BCUT2D eigenvalue weighted by atomic mass is 10.1. The smallest absolute Gasteiger partial charge is 0.191 e. The highest BCUT2D eigenvalue weighted by atomic mass is 16.3. The SMILES string of the molecule is CC(O)c1ccc(CNC2=NCCCN2)cc1. The Morgan fingerprint density at radius 1 is 1.41 bits per heavy atom. The molecular weight excluding hydrogens is 214 g/mol. The van der Waals surface area contributed by atoms with E-state index < -0.39 is 6.10 Å². The Hall–Kier alpha value is -1.55. The maximum absolute atomic E-state index is 9.40. The topological polar surface area (TPSA) is 56.6 Å². The lowest BCUT2D eigenvalue weighted by molar-refractivity contribution is 0.199. The van der Waals surface area contributed by atoms with E-state index in [0.29, 0.717) is 0 Å². The van der Waals surface area contributed by atoms with E-state index in [2.05, 4.69) is 15.6 Å². The first-order valence-electron chi connectivity index (χ1n) is 6.05. The first kappa shape index (κ1) is 11.9. The fourth-order valence-electron chi connectivity index (χ4n) is 1.75. The van der Waals surface area contributed by atoms with Crippen LogP contribution >= 0.6 is 0 Å². The number of aliphatic imine (C=N–C) groups is 1. The first-order chi connectivity index (χ1) is 8.25. The Kier molecular flexibility index (Phi) is 3.98. The Morgan fingerprint density at radius 2 is 2.18 bits per heavy atom. The van der Waals surface area contributed by atoms with Crippen molar-refractivity contribution in [2.75, 3.05) is 13.1 Å². The van der Waals surface area contributed by atoms with Gasteiger partial charge in [0.15, 0.2) is 5.96 Å². The van der Waals surface area contributed by atoms with Crippen LogP contribution in [0.25, 0.3) is 0 Å². The molecule has 92 valence electrons. The predicted molar refractivity (Wildman–Crippen MR) is 68.8 cm³/mol. The van der Waals surface area contributed by atoms with Gasteiger partial charge in [-0.15, -0.1) is 0 Å². The fourth-order valence-corrected chi connectivity index (χ4v) is 1.75. The molecule has 0 amide bonds. The summed E-state index contributed by atoms with van der Waals surface area (Å²) in [6.45, 7) is 4.42. The van der Waals surface area contributed by atoms with Crippen molar-refractivity contribution >= 4 is 5.96 Å². The number of rotatable bonds is 3. The average molecular weight is 233 g/mol. The molecule has 0 spiro atoms. The highest BCUT2D eigenvalue weighted by Crippen LogP contribution is 2.12. The number of nitrogens with one attached hydrogen (secondary N) is 2. The monoisotopic (exact) mass is 233 g/mol. The van der Waals surface area contributed by atoms with Crippen LogP contribution in [0.3, 0.4) is 0 Å². The van der Waals surface area contributed by atoms with Crippen molar-refractivity contribution < 1.29 is 5.11 Å². The zero-order chi connectivity index (χ0) is 12.1. The van der Waals surface area contributed by atoms with Crippen LogP contribution in [-0.4, -0.2) is 24.2 Å². The quantitative estimate of drug-likeness (QED) is 0.735. The van der Waals surface area contributed by atoms with Crippen LogP contribution in [0.15, 0.2) is 29.3 Å². The van der Waals surface area contributed by atoms with Gasteiger partial charge in [-0.2, -0.15) is 0 Å². The zero-order valence-corrected chi connectivity index (χ0v) is 10.1. The van der Waals surface area contributed by atoms with Crippen LogP contribution in [0.1, 0.15) is 30.6 Å². The van der Waals surface area contributed by atoms with E-state index in [1.54, 1.807) is 6.92 Å². The van der Waals surface area contributed by atoms with E-state index in [4.69, 9.17) is 0 Å². The molecule has 1 atom stereocenters. The highest BCUT2D eigenvalue weighted by molar-refractivity contribution is 5.80. The number of hydrogen-bond acceptors (Lipinski definition) is 4. The van der Waals surface area contributed by atoms with Gasteiger partial charge in [-0.1, -0.05) is 24.3 Å². The van der Waals surface area contributed by atoms with E-state index >= 15 is 0 Å². The van der Waals surface area contributed by atoms with E-state index in [0.717, 1.165) is 37.6 Å². The van der Waals surface area contributed by atoms with Gasteiger partial charge >= 0.3 is 0 Å². The molecule has 1 unspecified atom stereocenters. The summed E-state index contributed by atoms with van der Waals surface area (Å²) in [5.41, 5.74) is 2.13. The fraction of sp³-hybridized carbons (Fsp3) is 0.462. The molecule has 0 aliphatic carbocycles. The van der Waals surface area contributed by atoms with Crippen LogP contribution in [0.4, 0.5) is 0 Å². The van der Waals surface area contributed by atoms with Gasteiger partial charge in [0, 0.05) is 19.6 Å². The van der Waals surface area contributed by atoms with Crippen molar-refractivity contribution in [2.24, 2.45) is 4.99 Å². The van der Waals surface area contributed by atoms with Crippen molar-refractivity contribution in [3.05, 3.63) is 35.4 Å². The molecule has 2 rings (SSSR count). The Labute approximate surface area is 102 Å². The summed E-state index contributed by atoms with van der Waals surface area (Å²) in [4.78, 5) is 4.34. The largest absolute Gasteiger partial charge is 0.389 e. The lowest BCUT2D eigenvalue weighted by Gasteiger charge is -2.16. The van der Waals surface area contributed by atoms with Crippen LogP contribution in [0.2, 0.25) is 0 Å². The Morgan fingerprint density at radius 3 is 2.76 bits per heavy atom. The second kappa shape index (κ2) is 5.68. The number of guanidine groups is 1. The minimum absolute atomic E-state index is 0.401. The van der Waals surface area contributed by atoms with Gasteiger partial charge in [0.2, 0.25) is 0 Å². The molecule has 3 N–H and O–H groups in total. The second-order valence-electron chi connectivity index (χ2n) is 4.28. The number of benzene rings is 1. The number of aliphatic hydroxyl groups is 1. The number of nitrogens with zero attached hydrogens (tertiary/aromatic N) is 1. The summed E-state index contributed by atoms with van der Waals surface area (Å²) in [5, 5.41) is 15.9.